The second kappa shape index (κ2) is 8.57. The number of amides is 1. The number of carbonyl (C=O) groups excluding carboxylic acids is 1. The van der Waals surface area contributed by atoms with Crippen LogP contribution in [0.5, 0.6) is 0 Å². The first-order chi connectivity index (χ1) is 14.1. The topological polar surface area (TPSA) is 91.0 Å². The quantitative estimate of drug-likeness (QED) is 0.676. The Kier molecular flexibility index (Phi) is 5.71. The molecule has 0 unspecified atom stereocenters. The fourth-order valence-electron chi connectivity index (χ4n) is 3.46. The third-order valence-electron chi connectivity index (χ3n) is 5.08. The summed E-state index contributed by atoms with van der Waals surface area (Å²) < 4.78 is 0. The zero-order valence-electron chi connectivity index (χ0n) is 16.2. The second-order valence-corrected chi connectivity index (χ2v) is 8.00. The number of carbonyl (C=O) groups is 1. The minimum atomic E-state index is -0.150. The van der Waals surface area contributed by atoms with E-state index in [1.807, 2.05) is 36.6 Å². The number of aromatic nitrogens is 3. The van der Waals surface area contributed by atoms with Crippen LogP contribution in [-0.4, -0.2) is 40.0 Å². The minimum absolute atomic E-state index is 0.0109. The van der Waals surface area contributed by atoms with Gasteiger partial charge < -0.3 is 15.2 Å². The van der Waals surface area contributed by atoms with Crippen molar-refractivity contribution in [3.05, 3.63) is 62.8 Å². The summed E-state index contributed by atoms with van der Waals surface area (Å²) in [5.74, 6) is 1.45. The van der Waals surface area contributed by atoms with Gasteiger partial charge in [-0.2, -0.15) is 0 Å². The maximum atomic E-state index is 12.2. The molecule has 29 heavy (non-hydrogen) atoms. The van der Waals surface area contributed by atoms with Crippen molar-refractivity contribution in [2.24, 2.45) is 0 Å². The average Bonchev–Trinajstić information content (AvgIpc) is 3.29. The predicted molar refractivity (Wildman–Crippen MR) is 114 cm³/mol. The van der Waals surface area contributed by atoms with E-state index in [1.165, 1.54) is 17.4 Å². The summed E-state index contributed by atoms with van der Waals surface area (Å²) in [7, 11) is 0. The van der Waals surface area contributed by atoms with Gasteiger partial charge in [-0.3, -0.25) is 9.59 Å². The van der Waals surface area contributed by atoms with Gasteiger partial charge in [0.1, 0.15) is 11.6 Å². The van der Waals surface area contributed by atoms with Gasteiger partial charge in [0.05, 0.1) is 4.88 Å². The molecule has 0 spiro atoms. The summed E-state index contributed by atoms with van der Waals surface area (Å²) in [5, 5.41) is 5.04. The van der Waals surface area contributed by atoms with Crippen molar-refractivity contribution in [3.8, 4) is 11.4 Å². The molecule has 3 aromatic heterocycles. The van der Waals surface area contributed by atoms with Crippen LogP contribution in [0, 0.1) is 0 Å². The third-order valence-corrected chi connectivity index (χ3v) is 5.95. The number of piperidine rings is 1. The summed E-state index contributed by atoms with van der Waals surface area (Å²) in [6.07, 6.45) is 4.22. The van der Waals surface area contributed by atoms with Crippen LogP contribution in [0.4, 0.5) is 5.82 Å². The first kappa shape index (κ1) is 19.3. The number of thiophene rings is 1. The smallest absolute Gasteiger partial charge is 0.261 e. The number of pyridine rings is 1. The molecule has 8 heteroatoms. The Balaban J connectivity index is 1.37. The number of H-pyrrole nitrogens is 1. The molecule has 0 saturated carbocycles. The molecular weight excluding hydrogens is 386 g/mol. The van der Waals surface area contributed by atoms with E-state index in [0.29, 0.717) is 12.2 Å². The zero-order valence-corrected chi connectivity index (χ0v) is 17.0. The molecular formula is C21H23N5O2S. The predicted octanol–water partition coefficient (Wildman–Crippen LogP) is 2.85. The molecule has 1 fully saturated rings. The fourth-order valence-corrected chi connectivity index (χ4v) is 4.08. The number of nitrogens with zero attached hydrogens (tertiary/aromatic N) is 3. The highest BCUT2D eigenvalue weighted by atomic mass is 32.1. The summed E-state index contributed by atoms with van der Waals surface area (Å²) >= 11 is 1.46. The summed E-state index contributed by atoms with van der Waals surface area (Å²) in [5.41, 5.74) is 1.40. The molecule has 1 aliphatic rings. The molecule has 4 rings (SSSR count). The van der Waals surface area contributed by atoms with Crippen molar-refractivity contribution in [1.82, 2.24) is 20.3 Å². The molecule has 0 aromatic carbocycles. The molecule has 1 aliphatic heterocycles. The Morgan fingerprint density at radius 2 is 2.14 bits per heavy atom. The van der Waals surface area contributed by atoms with Crippen LogP contribution in [0.15, 0.2) is 46.7 Å². The van der Waals surface area contributed by atoms with E-state index in [9.17, 15) is 9.59 Å². The van der Waals surface area contributed by atoms with Gasteiger partial charge >= 0.3 is 0 Å². The highest BCUT2D eigenvalue weighted by Crippen LogP contribution is 2.21. The maximum absolute atomic E-state index is 12.2. The Labute approximate surface area is 172 Å². The van der Waals surface area contributed by atoms with Gasteiger partial charge in [-0.25, -0.2) is 9.97 Å². The second-order valence-electron chi connectivity index (χ2n) is 7.06. The SMILES string of the molecule is CCc1cc(=O)[nH]c(-c2ccc(N3CCC(NC(=O)c4cccs4)CC3)nc2)n1. The lowest BCUT2D eigenvalue weighted by Crippen LogP contribution is -2.44. The Morgan fingerprint density at radius 1 is 1.31 bits per heavy atom. The molecule has 0 aliphatic carbocycles. The molecule has 0 radical (unpaired) electrons. The van der Waals surface area contributed by atoms with E-state index in [4.69, 9.17) is 0 Å². The van der Waals surface area contributed by atoms with Gasteiger partial charge in [0.15, 0.2) is 0 Å². The van der Waals surface area contributed by atoms with Crippen molar-refractivity contribution in [1.29, 1.82) is 0 Å². The van der Waals surface area contributed by atoms with Crippen molar-refractivity contribution in [2.75, 3.05) is 18.0 Å². The normalized spacial score (nSPS) is 14.7. The summed E-state index contributed by atoms with van der Waals surface area (Å²) in [4.78, 5) is 38.8. The average molecular weight is 410 g/mol. The molecule has 3 aromatic rings. The fraction of sp³-hybridized carbons (Fsp3) is 0.333. The molecule has 2 N–H and O–H groups in total. The van der Waals surface area contributed by atoms with Crippen LogP contribution in [0.1, 0.15) is 35.1 Å². The number of hydrogen-bond donors (Lipinski definition) is 2. The number of aryl methyl sites for hydroxylation is 1. The minimum Gasteiger partial charge on any atom is -0.356 e. The number of aromatic amines is 1. The molecule has 150 valence electrons. The van der Waals surface area contributed by atoms with Gasteiger partial charge in [0.25, 0.3) is 11.5 Å². The molecule has 7 nitrogen and oxygen atoms in total. The number of anilines is 1. The number of nitrogens with one attached hydrogen (secondary N) is 2. The molecule has 4 heterocycles. The van der Waals surface area contributed by atoms with Gasteiger partial charge in [-0.05, 0) is 42.8 Å². The Bertz CT molecular complexity index is 1020. The number of hydrogen-bond acceptors (Lipinski definition) is 6. The van der Waals surface area contributed by atoms with E-state index in [-0.39, 0.29) is 17.5 Å². The molecule has 0 bridgehead atoms. The van der Waals surface area contributed by atoms with E-state index in [0.717, 1.165) is 47.9 Å². The van der Waals surface area contributed by atoms with Crippen LogP contribution >= 0.6 is 11.3 Å². The summed E-state index contributed by atoms with van der Waals surface area (Å²) in [6.45, 7) is 3.64. The van der Waals surface area contributed by atoms with Gasteiger partial charge in [0, 0.05) is 42.7 Å². The monoisotopic (exact) mass is 409 g/mol. The van der Waals surface area contributed by atoms with Crippen LogP contribution < -0.4 is 15.8 Å². The maximum Gasteiger partial charge on any atom is 0.261 e. The Morgan fingerprint density at radius 3 is 2.79 bits per heavy atom. The lowest BCUT2D eigenvalue weighted by atomic mass is 10.0. The first-order valence-electron chi connectivity index (χ1n) is 9.78. The molecule has 0 atom stereocenters. The van der Waals surface area contributed by atoms with E-state index in [1.54, 1.807) is 6.20 Å². The van der Waals surface area contributed by atoms with Crippen molar-refractivity contribution in [3.63, 3.8) is 0 Å². The first-order valence-corrected chi connectivity index (χ1v) is 10.7. The van der Waals surface area contributed by atoms with Crippen molar-refractivity contribution >= 4 is 23.1 Å². The molecule has 1 saturated heterocycles. The van der Waals surface area contributed by atoms with Gasteiger partial charge in [-0.1, -0.05) is 13.0 Å². The van der Waals surface area contributed by atoms with Crippen molar-refractivity contribution in [2.45, 2.75) is 32.2 Å². The highest BCUT2D eigenvalue weighted by molar-refractivity contribution is 7.12. The summed E-state index contributed by atoms with van der Waals surface area (Å²) in [6, 6.07) is 9.34. The molecule has 1 amide bonds. The zero-order chi connectivity index (χ0) is 20.2. The standard InChI is InChI=1S/C21H23N5O2S/c1-2-15-12-19(27)25-20(23-15)14-5-6-18(22-13-14)26-9-7-16(8-10-26)24-21(28)17-4-3-11-29-17/h3-6,11-13,16H,2,7-10H2,1H3,(H,24,28)(H,23,25,27). The van der Waals surface area contributed by atoms with E-state index in [2.05, 4.69) is 25.2 Å². The van der Waals surface area contributed by atoms with Crippen LogP contribution in [0.25, 0.3) is 11.4 Å². The van der Waals surface area contributed by atoms with E-state index >= 15 is 0 Å². The lowest BCUT2D eigenvalue weighted by Gasteiger charge is -2.33. The highest BCUT2D eigenvalue weighted by Gasteiger charge is 2.22. The lowest BCUT2D eigenvalue weighted by molar-refractivity contribution is 0.0935. The van der Waals surface area contributed by atoms with Gasteiger partial charge in [-0.15, -0.1) is 11.3 Å². The number of rotatable bonds is 5. The van der Waals surface area contributed by atoms with Crippen LogP contribution in [0.2, 0.25) is 0 Å². The third kappa shape index (κ3) is 4.54. The Hall–Kier alpha value is -3.00. The van der Waals surface area contributed by atoms with Crippen LogP contribution in [-0.2, 0) is 6.42 Å². The van der Waals surface area contributed by atoms with E-state index < -0.39 is 0 Å². The van der Waals surface area contributed by atoms with Crippen molar-refractivity contribution < 1.29 is 4.79 Å². The van der Waals surface area contributed by atoms with Gasteiger partial charge in [0.2, 0.25) is 0 Å². The van der Waals surface area contributed by atoms with Crippen LogP contribution in [0.3, 0.4) is 0 Å². The largest absolute Gasteiger partial charge is 0.356 e.